The Balaban J connectivity index is 2.47. The van der Waals surface area contributed by atoms with Gasteiger partial charge in [0, 0.05) is 13.1 Å². The van der Waals surface area contributed by atoms with Gasteiger partial charge in [-0.05, 0) is 37.6 Å². The number of carboxylic acids is 2. The average Bonchev–Trinajstić information content (AvgIpc) is 2.94. The lowest BCUT2D eigenvalue weighted by atomic mass is 9.86. The Morgan fingerprint density at radius 2 is 1.85 bits per heavy atom. The minimum absolute atomic E-state index is 0.120. The molecule has 1 aromatic carbocycles. The van der Waals surface area contributed by atoms with Gasteiger partial charge >= 0.3 is 11.9 Å². The maximum Gasteiger partial charge on any atom is 0.324 e. The fraction of sp³-hybridized carbons (Fsp3) is 0.526. The van der Waals surface area contributed by atoms with E-state index in [-0.39, 0.29) is 12.3 Å². The summed E-state index contributed by atoms with van der Waals surface area (Å²) in [6.45, 7) is 1.35. The lowest BCUT2D eigenvalue weighted by Gasteiger charge is -2.34. The van der Waals surface area contributed by atoms with Crippen LogP contribution >= 0.6 is 0 Å². The maximum absolute atomic E-state index is 13.0. The van der Waals surface area contributed by atoms with Gasteiger partial charge < -0.3 is 19.8 Å². The van der Waals surface area contributed by atoms with E-state index in [4.69, 9.17) is 9.84 Å². The van der Waals surface area contributed by atoms with Crippen molar-refractivity contribution in [3.05, 3.63) is 29.8 Å². The second kappa shape index (κ2) is 7.96. The van der Waals surface area contributed by atoms with Gasteiger partial charge in [0.1, 0.15) is 17.8 Å². The molecule has 3 atom stereocenters. The first-order valence-corrected chi connectivity index (χ1v) is 8.75. The SMILES string of the molecule is CC[C@@]1(C(=O)O)C[C@H](C(=O)N(C)CC(=O)O)[C@H](c2ccc(OC)cc2)N1C. The molecular weight excluding hydrogens is 352 g/mol. The predicted molar refractivity (Wildman–Crippen MR) is 97.5 cm³/mol. The molecule has 8 nitrogen and oxygen atoms in total. The standard InChI is InChI=1S/C19H26N2O6/c1-5-19(18(25)26)10-14(17(24)20(2)11-15(22)23)16(21(19)3)12-6-8-13(27-4)9-7-12/h6-9,14,16H,5,10-11H2,1-4H3,(H,22,23)(H,25,26)/t14-,16-,19-/m0/s1. The second-order valence-corrected chi connectivity index (χ2v) is 6.92. The fourth-order valence-corrected chi connectivity index (χ4v) is 3.98. The molecule has 0 aromatic heterocycles. The minimum Gasteiger partial charge on any atom is -0.497 e. The predicted octanol–water partition coefficient (Wildman–Crippen LogP) is 1.46. The molecule has 27 heavy (non-hydrogen) atoms. The molecule has 1 heterocycles. The highest BCUT2D eigenvalue weighted by molar-refractivity contribution is 5.87. The van der Waals surface area contributed by atoms with Crippen LogP contribution in [-0.2, 0) is 14.4 Å². The van der Waals surface area contributed by atoms with E-state index < -0.39 is 36.0 Å². The number of nitrogens with zero attached hydrogens (tertiary/aromatic N) is 2. The Morgan fingerprint density at radius 1 is 1.26 bits per heavy atom. The first-order valence-electron chi connectivity index (χ1n) is 8.75. The molecule has 2 rings (SSSR count). The molecule has 148 valence electrons. The Kier molecular flexibility index (Phi) is 6.10. The molecule has 0 aliphatic carbocycles. The van der Waals surface area contributed by atoms with Crippen molar-refractivity contribution < 1.29 is 29.3 Å². The highest BCUT2D eigenvalue weighted by Crippen LogP contribution is 2.48. The van der Waals surface area contributed by atoms with Gasteiger partial charge in [0.25, 0.3) is 0 Å². The molecule has 1 saturated heterocycles. The molecular formula is C19H26N2O6. The van der Waals surface area contributed by atoms with Crippen molar-refractivity contribution in [1.82, 2.24) is 9.80 Å². The van der Waals surface area contributed by atoms with E-state index in [0.29, 0.717) is 12.2 Å². The zero-order chi connectivity index (χ0) is 20.4. The molecule has 1 aromatic rings. The van der Waals surface area contributed by atoms with Gasteiger partial charge in [-0.1, -0.05) is 19.1 Å². The molecule has 0 radical (unpaired) electrons. The summed E-state index contributed by atoms with van der Waals surface area (Å²) in [4.78, 5) is 38.9. The van der Waals surface area contributed by atoms with E-state index in [2.05, 4.69) is 0 Å². The summed E-state index contributed by atoms with van der Waals surface area (Å²) in [5.41, 5.74) is -0.397. The summed E-state index contributed by atoms with van der Waals surface area (Å²) in [6.07, 6.45) is 0.451. The number of likely N-dealkylation sites (tertiary alicyclic amines) is 1. The van der Waals surface area contributed by atoms with Crippen LogP contribution in [0.4, 0.5) is 0 Å². The van der Waals surface area contributed by atoms with E-state index in [1.165, 1.54) is 7.05 Å². The summed E-state index contributed by atoms with van der Waals surface area (Å²) in [5, 5.41) is 18.9. The monoisotopic (exact) mass is 378 g/mol. The Labute approximate surface area is 158 Å². The van der Waals surface area contributed by atoms with Gasteiger partial charge in [-0.3, -0.25) is 19.3 Å². The third kappa shape index (κ3) is 3.75. The Hall–Kier alpha value is -2.61. The number of benzene rings is 1. The summed E-state index contributed by atoms with van der Waals surface area (Å²) in [7, 11) is 4.68. The van der Waals surface area contributed by atoms with Crippen molar-refractivity contribution in [1.29, 1.82) is 0 Å². The van der Waals surface area contributed by atoms with Gasteiger partial charge in [0.15, 0.2) is 0 Å². The number of amides is 1. The highest BCUT2D eigenvalue weighted by atomic mass is 16.5. The quantitative estimate of drug-likeness (QED) is 0.740. The molecule has 1 aliphatic rings. The van der Waals surface area contributed by atoms with E-state index in [1.54, 1.807) is 38.1 Å². The lowest BCUT2D eigenvalue weighted by Crippen LogP contribution is -2.48. The van der Waals surface area contributed by atoms with E-state index in [0.717, 1.165) is 10.5 Å². The number of ether oxygens (including phenoxy) is 1. The zero-order valence-electron chi connectivity index (χ0n) is 16.0. The third-order valence-corrected chi connectivity index (χ3v) is 5.54. The molecule has 0 unspecified atom stereocenters. The van der Waals surface area contributed by atoms with Gasteiger partial charge in [0.2, 0.25) is 5.91 Å². The summed E-state index contributed by atoms with van der Waals surface area (Å²) >= 11 is 0. The topological polar surface area (TPSA) is 107 Å². The van der Waals surface area contributed by atoms with Crippen LogP contribution in [-0.4, -0.2) is 71.1 Å². The number of aliphatic carboxylic acids is 2. The number of carbonyl (C=O) groups is 3. The van der Waals surface area contributed by atoms with E-state index in [1.807, 2.05) is 12.1 Å². The van der Waals surface area contributed by atoms with Crippen molar-refractivity contribution in [3.8, 4) is 5.75 Å². The normalized spacial score (nSPS) is 25.2. The molecule has 2 N–H and O–H groups in total. The van der Waals surface area contributed by atoms with Gasteiger partial charge in [-0.2, -0.15) is 0 Å². The lowest BCUT2D eigenvalue weighted by molar-refractivity contribution is -0.150. The number of hydrogen-bond acceptors (Lipinski definition) is 5. The van der Waals surface area contributed by atoms with Crippen LogP contribution in [0.2, 0.25) is 0 Å². The molecule has 1 amide bonds. The first-order chi connectivity index (χ1) is 12.7. The molecule has 1 fully saturated rings. The molecule has 0 saturated carbocycles. The fourth-order valence-electron chi connectivity index (χ4n) is 3.98. The maximum atomic E-state index is 13.0. The molecule has 0 bridgehead atoms. The molecule has 0 spiro atoms. The number of carbonyl (C=O) groups excluding carboxylic acids is 1. The number of carboxylic acid groups (broad SMARTS) is 2. The van der Waals surface area contributed by atoms with Gasteiger partial charge in [-0.25, -0.2) is 0 Å². The molecule has 8 heteroatoms. The summed E-state index contributed by atoms with van der Waals surface area (Å²) in [6, 6.07) is 6.67. The molecule has 1 aliphatic heterocycles. The summed E-state index contributed by atoms with van der Waals surface area (Å²) in [5.74, 6) is -2.48. The van der Waals surface area contributed by atoms with Crippen molar-refractivity contribution in [3.63, 3.8) is 0 Å². The number of likely N-dealkylation sites (N-methyl/N-ethyl adjacent to an activating group) is 2. The van der Waals surface area contributed by atoms with Crippen molar-refractivity contribution in [2.24, 2.45) is 5.92 Å². The van der Waals surface area contributed by atoms with E-state index in [9.17, 15) is 19.5 Å². The Bertz CT molecular complexity index is 719. The third-order valence-electron chi connectivity index (χ3n) is 5.54. The Morgan fingerprint density at radius 3 is 2.30 bits per heavy atom. The van der Waals surface area contributed by atoms with Crippen LogP contribution in [0, 0.1) is 5.92 Å². The van der Waals surface area contributed by atoms with Crippen LogP contribution < -0.4 is 4.74 Å². The second-order valence-electron chi connectivity index (χ2n) is 6.92. The van der Waals surface area contributed by atoms with Crippen molar-refractivity contribution >= 4 is 17.8 Å². The van der Waals surface area contributed by atoms with Crippen LogP contribution in [0.25, 0.3) is 0 Å². The highest BCUT2D eigenvalue weighted by Gasteiger charge is 2.56. The number of methoxy groups -OCH3 is 1. The number of rotatable bonds is 7. The van der Waals surface area contributed by atoms with Crippen LogP contribution in [0.1, 0.15) is 31.4 Å². The van der Waals surface area contributed by atoms with Gasteiger partial charge in [0.05, 0.1) is 13.0 Å². The van der Waals surface area contributed by atoms with Crippen LogP contribution in [0.15, 0.2) is 24.3 Å². The first kappa shape index (κ1) is 20.7. The van der Waals surface area contributed by atoms with Crippen LogP contribution in [0.5, 0.6) is 5.75 Å². The number of hydrogen-bond donors (Lipinski definition) is 2. The van der Waals surface area contributed by atoms with Crippen LogP contribution in [0.3, 0.4) is 0 Å². The summed E-state index contributed by atoms with van der Waals surface area (Å²) < 4.78 is 5.17. The van der Waals surface area contributed by atoms with E-state index >= 15 is 0 Å². The van der Waals surface area contributed by atoms with Crippen molar-refractivity contribution in [2.75, 3.05) is 27.7 Å². The largest absolute Gasteiger partial charge is 0.497 e. The zero-order valence-corrected chi connectivity index (χ0v) is 16.0. The minimum atomic E-state index is -1.19. The smallest absolute Gasteiger partial charge is 0.324 e. The average molecular weight is 378 g/mol. The van der Waals surface area contributed by atoms with Crippen molar-refractivity contribution in [2.45, 2.75) is 31.3 Å². The van der Waals surface area contributed by atoms with Gasteiger partial charge in [-0.15, -0.1) is 0 Å².